The van der Waals surface area contributed by atoms with Gasteiger partial charge in [0.1, 0.15) is 41.4 Å². The number of amides is 1. The molecule has 11 heteroatoms. The molecule has 0 aromatic heterocycles. The smallest absolute Gasteiger partial charge is 0.239 e. The Morgan fingerprint density at radius 2 is 1.59 bits per heavy atom. The molecule has 68 heavy (non-hydrogen) atoms. The van der Waals surface area contributed by atoms with E-state index in [9.17, 15) is 19.0 Å². The fraction of sp³-hybridized carbons (Fsp3) is 0.579. The van der Waals surface area contributed by atoms with Gasteiger partial charge in [-0.2, -0.15) is 0 Å². The van der Waals surface area contributed by atoms with E-state index in [1.807, 2.05) is 43.9 Å². The van der Waals surface area contributed by atoms with E-state index in [4.69, 9.17) is 24.2 Å². The number of ether oxygens (including phenoxy) is 3. The van der Waals surface area contributed by atoms with Gasteiger partial charge in [0, 0.05) is 49.6 Å². The van der Waals surface area contributed by atoms with E-state index in [2.05, 4.69) is 19.6 Å². The van der Waals surface area contributed by atoms with Crippen LogP contribution in [0, 0.1) is 29.4 Å². The second-order valence-corrected chi connectivity index (χ2v) is 20.1. The molecule has 1 saturated carbocycles. The van der Waals surface area contributed by atoms with E-state index >= 15 is 4.79 Å². The van der Waals surface area contributed by atoms with Gasteiger partial charge in [0.2, 0.25) is 11.7 Å². The minimum absolute atomic E-state index is 0.0110. The third kappa shape index (κ3) is 13.8. The summed E-state index contributed by atoms with van der Waals surface area (Å²) in [5.74, 6) is -1.76. The summed E-state index contributed by atoms with van der Waals surface area (Å²) in [7, 11) is 0. The zero-order chi connectivity index (χ0) is 48.5. The molecule has 3 aromatic carbocycles. The number of carbonyl (C=O) groups excluding carboxylic acids is 1. The zero-order valence-electron chi connectivity index (χ0n) is 41.2. The van der Waals surface area contributed by atoms with E-state index in [1.165, 1.54) is 50.3 Å². The molecule has 0 saturated heterocycles. The molecule has 3 aliphatic rings. The highest BCUT2D eigenvalue weighted by Gasteiger charge is 2.65. The number of carbonyl (C=O) groups is 1. The van der Waals surface area contributed by atoms with Crippen LogP contribution in [0.1, 0.15) is 159 Å². The second-order valence-electron chi connectivity index (χ2n) is 20.1. The Balaban J connectivity index is 1.51. The van der Waals surface area contributed by atoms with Gasteiger partial charge in [-0.3, -0.25) is 4.79 Å². The molecule has 372 valence electrons. The van der Waals surface area contributed by atoms with Crippen LogP contribution in [-0.2, 0) is 27.5 Å². The molecule has 1 fully saturated rings. The van der Waals surface area contributed by atoms with Crippen LogP contribution in [0.25, 0.3) is 0 Å². The van der Waals surface area contributed by atoms with Gasteiger partial charge in [0.25, 0.3) is 0 Å². The SMILES string of the molecule is C=CCO[C@@]12Oc3ccc(OCc4ccccc4F)cc3[C@H]3[C@H](CCCCO)[C@@H](CCCCO)C=C(C(=NOC(C)(C)C)C[C@@H]1N(Cc1ccc(F)cc1)C(=O)CCCCCCCCCCC)[C@H]32. The van der Waals surface area contributed by atoms with Crippen LogP contribution in [0.2, 0.25) is 0 Å². The van der Waals surface area contributed by atoms with Gasteiger partial charge in [0.15, 0.2) is 0 Å². The van der Waals surface area contributed by atoms with Crippen molar-refractivity contribution in [3.8, 4) is 11.5 Å². The first-order chi connectivity index (χ1) is 32.9. The predicted octanol–water partition coefficient (Wildman–Crippen LogP) is 12.9. The number of aliphatic hydroxyl groups excluding tert-OH is 2. The van der Waals surface area contributed by atoms with Crippen LogP contribution in [-0.4, -0.2) is 64.0 Å². The van der Waals surface area contributed by atoms with Crippen molar-refractivity contribution in [1.82, 2.24) is 4.90 Å². The first-order valence-corrected chi connectivity index (χ1v) is 25.6. The monoisotopic (exact) mass is 941 g/mol. The van der Waals surface area contributed by atoms with Crippen molar-refractivity contribution in [2.45, 2.75) is 173 Å². The molecular weight excluding hydrogens is 863 g/mol. The molecule has 9 nitrogen and oxygen atoms in total. The van der Waals surface area contributed by atoms with Crippen molar-refractivity contribution in [1.29, 1.82) is 0 Å². The normalized spacial score (nSPS) is 22.4. The first kappa shape index (κ1) is 52.8. The summed E-state index contributed by atoms with van der Waals surface area (Å²) in [5.41, 5.74) is 3.14. The van der Waals surface area contributed by atoms with Gasteiger partial charge in [-0.05, 0) is 112 Å². The van der Waals surface area contributed by atoms with Crippen LogP contribution >= 0.6 is 0 Å². The quantitative estimate of drug-likeness (QED) is 0.0424. The van der Waals surface area contributed by atoms with Crippen LogP contribution in [0.3, 0.4) is 0 Å². The summed E-state index contributed by atoms with van der Waals surface area (Å²) in [6.07, 6.45) is 19.1. The van der Waals surface area contributed by atoms with Gasteiger partial charge in [-0.25, -0.2) is 8.78 Å². The summed E-state index contributed by atoms with van der Waals surface area (Å²) < 4.78 is 50.3. The molecular formula is C57H78F2N2O7. The predicted molar refractivity (Wildman–Crippen MR) is 265 cm³/mol. The van der Waals surface area contributed by atoms with Gasteiger partial charge < -0.3 is 34.2 Å². The van der Waals surface area contributed by atoms with Crippen molar-refractivity contribution < 1.29 is 42.8 Å². The average molecular weight is 941 g/mol. The lowest BCUT2D eigenvalue weighted by atomic mass is 9.55. The summed E-state index contributed by atoms with van der Waals surface area (Å²) in [6.45, 7) is 12.7. The molecule has 1 heterocycles. The number of allylic oxidation sites excluding steroid dienone is 1. The number of halogens is 2. The molecule has 1 amide bonds. The molecule has 1 aliphatic heterocycles. The first-order valence-electron chi connectivity index (χ1n) is 25.6. The summed E-state index contributed by atoms with van der Waals surface area (Å²) >= 11 is 0. The Labute approximate surface area is 405 Å². The number of rotatable bonds is 28. The van der Waals surface area contributed by atoms with E-state index in [1.54, 1.807) is 36.4 Å². The van der Waals surface area contributed by atoms with Crippen molar-refractivity contribution >= 4 is 11.6 Å². The van der Waals surface area contributed by atoms with Gasteiger partial charge in [-0.15, -0.1) is 6.58 Å². The van der Waals surface area contributed by atoms with Crippen molar-refractivity contribution in [3.05, 3.63) is 119 Å². The van der Waals surface area contributed by atoms with E-state index in [-0.39, 0.29) is 74.7 Å². The fourth-order valence-electron chi connectivity index (χ4n) is 10.6. The number of benzene rings is 3. The number of fused-ring (bicyclic) bond motifs is 2. The number of hydrogen-bond donors (Lipinski definition) is 2. The van der Waals surface area contributed by atoms with E-state index in [0.29, 0.717) is 42.0 Å². The van der Waals surface area contributed by atoms with Crippen LogP contribution in [0.4, 0.5) is 8.78 Å². The fourth-order valence-corrected chi connectivity index (χ4v) is 10.6. The second kappa shape index (κ2) is 25.9. The third-order valence-corrected chi connectivity index (χ3v) is 13.9. The molecule has 0 radical (unpaired) electrons. The molecule has 6 atom stereocenters. The molecule has 3 aromatic rings. The topological polar surface area (TPSA) is 110 Å². The third-order valence-electron chi connectivity index (χ3n) is 13.9. The maximum atomic E-state index is 15.2. The summed E-state index contributed by atoms with van der Waals surface area (Å²) in [4.78, 5) is 23.4. The number of hydrogen-bond acceptors (Lipinski definition) is 8. The summed E-state index contributed by atoms with van der Waals surface area (Å²) in [6, 6.07) is 17.9. The van der Waals surface area contributed by atoms with Crippen molar-refractivity contribution in [2.24, 2.45) is 22.9 Å². The Kier molecular flexibility index (Phi) is 20.1. The number of aliphatic hydroxyl groups is 2. The molecule has 6 rings (SSSR count). The van der Waals surface area contributed by atoms with Crippen molar-refractivity contribution in [3.63, 3.8) is 0 Å². The van der Waals surface area contributed by atoms with E-state index < -0.39 is 23.3 Å². The minimum atomic E-state index is -1.45. The Morgan fingerprint density at radius 3 is 2.26 bits per heavy atom. The standard InChI is InChI=1S/C57H78F2N2O7/c1-6-8-9-10-11-12-13-14-15-26-53(64)61(39-41-27-29-44(58)30-28-41)52-38-50(60-68-56(3,4)5)47-36-42(22-18-20-33-62)46(24-19-21-34-63)54-48-37-45(65-40-43-23-16-17-25-49(43)59)31-32-51(48)67-57(52,55(47)54)66-35-7-2/h7,16-17,23,25,27-32,36-37,42,46,52,54-55,62-63H,2,6,8-15,18-22,24,26,33-35,38-40H2,1,3-5H3/t42-,46+,52-,54+,55+,57+/m0/s1. The average Bonchev–Trinajstić information content (AvgIpc) is 3.32. The van der Waals surface area contributed by atoms with Crippen molar-refractivity contribution in [2.75, 3.05) is 19.8 Å². The molecule has 0 spiro atoms. The lowest BCUT2D eigenvalue weighted by Crippen LogP contribution is -2.70. The molecule has 0 unspecified atom stereocenters. The van der Waals surface area contributed by atoms with Gasteiger partial charge in [-0.1, -0.05) is 119 Å². The van der Waals surface area contributed by atoms with Crippen LogP contribution < -0.4 is 9.47 Å². The number of nitrogens with zero attached hydrogens (tertiary/aromatic N) is 2. The van der Waals surface area contributed by atoms with E-state index in [0.717, 1.165) is 68.1 Å². The van der Waals surface area contributed by atoms with Gasteiger partial charge in [0.05, 0.1) is 18.2 Å². The Morgan fingerprint density at radius 1 is 0.897 bits per heavy atom. The highest BCUT2D eigenvalue weighted by atomic mass is 19.1. The Bertz CT molecular complexity index is 2120. The van der Waals surface area contributed by atoms with Gasteiger partial charge >= 0.3 is 0 Å². The largest absolute Gasteiger partial charge is 0.489 e. The minimum Gasteiger partial charge on any atom is -0.489 e. The number of unbranched alkanes of at least 4 members (excludes halogenated alkanes) is 10. The lowest BCUT2D eigenvalue weighted by Gasteiger charge is -2.60. The zero-order valence-corrected chi connectivity index (χ0v) is 41.2. The van der Waals surface area contributed by atoms with Crippen LogP contribution in [0.5, 0.6) is 11.5 Å². The summed E-state index contributed by atoms with van der Waals surface area (Å²) in [5, 5.41) is 25.0. The van der Waals surface area contributed by atoms with Crippen LogP contribution in [0.15, 0.2) is 96.2 Å². The number of oxime groups is 1. The molecule has 2 N–H and O–H groups in total. The maximum absolute atomic E-state index is 15.2. The lowest BCUT2D eigenvalue weighted by molar-refractivity contribution is -0.258. The molecule has 0 bridgehead atoms. The Hall–Kier alpha value is -4.58. The highest BCUT2D eigenvalue weighted by molar-refractivity contribution is 6.03. The highest BCUT2D eigenvalue weighted by Crippen LogP contribution is 2.62. The molecule has 2 aliphatic carbocycles. The maximum Gasteiger partial charge on any atom is 0.239 e.